The minimum atomic E-state index is -0.0788. The Hall–Kier alpha value is -1.65. The highest BCUT2D eigenvalue weighted by molar-refractivity contribution is 6.04. The zero-order valence-corrected chi connectivity index (χ0v) is 14.5. The Kier molecular flexibility index (Phi) is 5.37. The molecule has 0 radical (unpaired) electrons. The lowest BCUT2D eigenvalue weighted by Crippen LogP contribution is -2.55. The van der Waals surface area contributed by atoms with Gasteiger partial charge < -0.3 is 9.80 Å². The van der Waals surface area contributed by atoms with Crippen molar-refractivity contribution in [3.63, 3.8) is 0 Å². The largest absolute Gasteiger partial charge is 0.340 e. The monoisotopic (exact) mass is 304 g/mol. The molecule has 1 saturated carbocycles. The van der Waals surface area contributed by atoms with Crippen molar-refractivity contribution < 1.29 is 4.79 Å². The first-order valence-electron chi connectivity index (χ1n) is 8.53. The number of likely N-dealkylation sites (N-methyl/N-ethyl adjacent to an activating group) is 1. The third kappa shape index (κ3) is 2.81. The quantitative estimate of drug-likeness (QED) is 0.841. The zero-order chi connectivity index (χ0) is 16.3. The lowest BCUT2D eigenvalue weighted by Gasteiger charge is -2.43. The molecule has 0 saturated heterocycles. The highest BCUT2D eigenvalue weighted by Crippen LogP contribution is 2.39. The van der Waals surface area contributed by atoms with E-state index in [1.807, 2.05) is 27.8 Å². The smallest absolute Gasteiger partial charge is 0.249 e. The lowest BCUT2D eigenvalue weighted by atomic mass is 10.0. The van der Waals surface area contributed by atoms with Crippen LogP contribution in [0, 0.1) is 6.92 Å². The van der Waals surface area contributed by atoms with Crippen molar-refractivity contribution in [1.29, 1.82) is 0 Å². The number of hydrogen-bond donors (Lipinski definition) is 0. The maximum absolute atomic E-state index is 12.6. The number of aryl methyl sites for hydroxylation is 1. The van der Waals surface area contributed by atoms with Gasteiger partial charge in [0.25, 0.3) is 0 Å². The number of rotatable bonds is 2. The van der Waals surface area contributed by atoms with E-state index in [4.69, 9.17) is 0 Å². The number of carbonyl (C=O) groups is 1. The first-order valence-corrected chi connectivity index (χ1v) is 8.53. The van der Waals surface area contributed by atoms with Crippen molar-refractivity contribution in [2.45, 2.75) is 71.9 Å². The van der Waals surface area contributed by atoms with Gasteiger partial charge in [-0.25, -0.2) is 9.97 Å². The molecule has 1 fully saturated rings. The fourth-order valence-electron chi connectivity index (χ4n) is 3.47. The molecule has 1 atom stereocenters. The molecule has 5 heteroatoms. The molecule has 0 bridgehead atoms. The van der Waals surface area contributed by atoms with Crippen LogP contribution in [0.25, 0.3) is 0 Å². The third-order valence-corrected chi connectivity index (χ3v) is 4.53. The van der Waals surface area contributed by atoms with Crippen LogP contribution in [-0.4, -0.2) is 35.0 Å². The van der Waals surface area contributed by atoms with E-state index in [2.05, 4.69) is 21.8 Å². The van der Waals surface area contributed by atoms with Crippen LogP contribution in [0.2, 0.25) is 0 Å². The molecule has 0 N–H and O–H groups in total. The highest BCUT2D eigenvalue weighted by atomic mass is 16.2. The molecule has 1 aliphatic carbocycles. The predicted molar refractivity (Wildman–Crippen MR) is 90.3 cm³/mol. The van der Waals surface area contributed by atoms with Gasteiger partial charge in [0.1, 0.15) is 17.6 Å². The molecule has 2 aliphatic rings. The Labute approximate surface area is 133 Å². The Morgan fingerprint density at radius 3 is 2.50 bits per heavy atom. The van der Waals surface area contributed by atoms with E-state index in [-0.39, 0.29) is 11.9 Å². The van der Waals surface area contributed by atoms with Gasteiger partial charge in [0.15, 0.2) is 5.82 Å². The van der Waals surface area contributed by atoms with E-state index in [0.717, 1.165) is 36.6 Å². The number of fused-ring (bicyclic) bond motifs is 1. The van der Waals surface area contributed by atoms with Crippen LogP contribution in [0.4, 0.5) is 11.5 Å². The van der Waals surface area contributed by atoms with Gasteiger partial charge in [-0.2, -0.15) is 0 Å². The summed E-state index contributed by atoms with van der Waals surface area (Å²) in [5, 5.41) is 0. The average Bonchev–Trinajstić information content (AvgIpc) is 3.06. The minimum absolute atomic E-state index is 0.0788. The minimum Gasteiger partial charge on any atom is -0.340 e. The zero-order valence-electron chi connectivity index (χ0n) is 14.5. The maximum atomic E-state index is 12.6. The molecule has 1 aliphatic heterocycles. The summed E-state index contributed by atoms with van der Waals surface area (Å²) >= 11 is 0. The average molecular weight is 304 g/mol. The second-order valence-electron chi connectivity index (χ2n) is 5.79. The summed E-state index contributed by atoms with van der Waals surface area (Å²) in [6.07, 6.45) is 7.43. The van der Waals surface area contributed by atoms with Gasteiger partial charge in [0.05, 0.1) is 6.20 Å². The van der Waals surface area contributed by atoms with Gasteiger partial charge in [0.2, 0.25) is 5.91 Å². The second kappa shape index (κ2) is 7.07. The van der Waals surface area contributed by atoms with Crippen molar-refractivity contribution in [1.82, 2.24) is 9.97 Å². The summed E-state index contributed by atoms with van der Waals surface area (Å²) in [6.45, 7) is 7.99. The van der Waals surface area contributed by atoms with E-state index in [1.165, 1.54) is 12.8 Å². The van der Waals surface area contributed by atoms with Gasteiger partial charge in [-0.15, -0.1) is 0 Å². The summed E-state index contributed by atoms with van der Waals surface area (Å²) in [5.74, 6) is 1.88. The molecular weight excluding hydrogens is 276 g/mol. The van der Waals surface area contributed by atoms with Crippen molar-refractivity contribution in [3.05, 3.63) is 12.0 Å². The topological polar surface area (TPSA) is 49.3 Å². The number of nitrogens with zero attached hydrogens (tertiary/aromatic N) is 4. The van der Waals surface area contributed by atoms with Crippen LogP contribution in [0.3, 0.4) is 0 Å². The van der Waals surface area contributed by atoms with Crippen LogP contribution in [0.5, 0.6) is 0 Å². The first kappa shape index (κ1) is 16.7. The second-order valence-corrected chi connectivity index (χ2v) is 5.79. The van der Waals surface area contributed by atoms with Crippen LogP contribution in [0.15, 0.2) is 6.20 Å². The van der Waals surface area contributed by atoms with Crippen LogP contribution >= 0.6 is 0 Å². The summed E-state index contributed by atoms with van der Waals surface area (Å²) < 4.78 is 0. The molecule has 22 heavy (non-hydrogen) atoms. The number of aromatic nitrogens is 2. The van der Waals surface area contributed by atoms with Gasteiger partial charge in [-0.1, -0.05) is 33.6 Å². The summed E-state index contributed by atoms with van der Waals surface area (Å²) in [4.78, 5) is 25.5. The summed E-state index contributed by atoms with van der Waals surface area (Å²) in [5.41, 5.74) is 0.845. The first-order chi connectivity index (χ1) is 10.6. The SMILES string of the molecule is CC.CCC1C(=O)N(C)c2cnc(C)nc2N1C1CCCC1. The molecule has 3 rings (SSSR count). The van der Waals surface area contributed by atoms with Crippen molar-refractivity contribution in [2.75, 3.05) is 16.8 Å². The van der Waals surface area contributed by atoms with Gasteiger partial charge in [-0.3, -0.25) is 4.79 Å². The van der Waals surface area contributed by atoms with Crippen LogP contribution in [0.1, 0.15) is 58.7 Å². The van der Waals surface area contributed by atoms with Gasteiger partial charge >= 0.3 is 0 Å². The van der Waals surface area contributed by atoms with Crippen molar-refractivity contribution in [2.24, 2.45) is 0 Å². The molecule has 2 heterocycles. The molecular formula is C17H28N4O. The maximum Gasteiger partial charge on any atom is 0.249 e. The Morgan fingerprint density at radius 2 is 1.91 bits per heavy atom. The predicted octanol–water partition coefficient (Wildman–Crippen LogP) is 3.32. The third-order valence-electron chi connectivity index (χ3n) is 4.53. The van der Waals surface area contributed by atoms with Crippen molar-refractivity contribution >= 4 is 17.4 Å². The molecule has 0 spiro atoms. The van der Waals surface area contributed by atoms with Crippen molar-refractivity contribution in [3.8, 4) is 0 Å². The molecule has 5 nitrogen and oxygen atoms in total. The highest BCUT2D eigenvalue weighted by Gasteiger charge is 2.40. The number of hydrogen-bond acceptors (Lipinski definition) is 4. The lowest BCUT2D eigenvalue weighted by molar-refractivity contribution is -0.120. The normalized spacial score (nSPS) is 21.5. The van der Waals surface area contributed by atoms with Crippen LogP contribution in [-0.2, 0) is 4.79 Å². The molecule has 122 valence electrons. The van der Waals surface area contributed by atoms with E-state index < -0.39 is 0 Å². The summed E-state index contributed by atoms with van der Waals surface area (Å²) in [7, 11) is 1.83. The fraction of sp³-hybridized carbons (Fsp3) is 0.706. The Balaban J connectivity index is 0.000000847. The van der Waals surface area contributed by atoms with E-state index in [0.29, 0.717) is 6.04 Å². The van der Waals surface area contributed by atoms with Gasteiger partial charge in [-0.05, 0) is 26.2 Å². The van der Waals surface area contributed by atoms with E-state index >= 15 is 0 Å². The Bertz CT molecular complexity index is 525. The summed E-state index contributed by atoms with van der Waals surface area (Å²) in [6, 6.07) is 0.371. The fourth-order valence-corrected chi connectivity index (χ4v) is 3.47. The number of anilines is 2. The molecule has 1 unspecified atom stereocenters. The number of carbonyl (C=O) groups excluding carboxylic acids is 1. The standard InChI is InChI=1S/C15H22N4O.C2H6/c1-4-12-15(20)18(3)13-9-16-10(2)17-14(13)19(12)11-7-5-6-8-11;1-2/h9,11-12H,4-8H2,1-3H3;1-2H3. The molecule has 1 aromatic rings. The van der Waals surface area contributed by atoms with E-state index in [1.54, 1.807) is 11.1 Å². The molecule has 1 aromatic heterocycles. The van der Waals surface area contributed by atoms with Crippen LogP contribution < -0.4 is 9.80 Å². The molecule has 0 aromatic carbocycles. The van der Waals surface area contributed by atoms with Gasteiger partial charge in [0, 0.05) is 13.1 Å². The number of amides is 1. The Morgan fingerprint density at radius 1 is 1.27 bits per heavy atom. The molecule has 1 amide bonds. The van der Waals surface area contributed by atoms with E-state index in [9.17, 15) is 4.79 Å².